The monoisotopic (exact) mass is 370 g/mol. The van der Waals surface area contributed by atoms with Gasteiger partial charge in [-0.1, -0.05) is 22.0 Å². The summed E-state index contributed by atoms with van der Waals surface area (Å²) in [6.07, 6.45) is 0. The Morgan fingerprint density at radius 1 is 1.22 bits per heavy atom. The summed E-state index contributed by atoms with van der Waals surface area (Å²) in [5.41, 5.74) is 0.821. The van der Waals surface area contributed by atoms with Gasteiger partial charge in [-0.2, -0.15) is 0 Å². The van der Waals surface area contributed by atoms with Crippen LogP contribution in [-0.2, 0) is 0 Å². The van der Waals surface area contributed by atoms with Crippen LogP contribution in [0.1, 0.15) is 10.5 Å². The van der Waals surface area contributed by atoms with Crippen LogP contribution in [0.25, 0.3) is 0 Å². The molecule has 6 heteroatoms. The van der Waals surface area contributed by atoms with E-state index < -0.39 is 5.97 Å². The van der Waals surface area contributed by atoms with Crippen molar-refractivity contribution in [1.82, 2.24) is 4.98 Å². The van der Waals surface area contributed by atoms with Crippen molar-refractivity contribution >= 4 is 49.3 Å². The summed E-state index contributed by atoms with van der Waals surface area (Å²) in [6.45, 7) is 0. The molecule has 4 nitrogen and oxygen atoms in total. The van der Waals surface area contributed by atoms with Gasteiger partial charge in [-0.3, -0.25) is 0 Å². The third kappa shape index (κ3) is 3.08. The second-order valence-corrected chi connectivity index (χ2v) is 5.23. The number of carboxylic acids is 1. The number of hydrogen-bond donors (Lipinski definition) is 2. The lowest BCUT2D eigenvalue weighted by Crippen LogP contribution is -2.02. The summed E-state index contributed by atoms with van der Waals surface area (Å²) in [5, 5.41) is 11.9. The van der Waals surface area contributed by atoms with Gasteiger partial charge in [0.25, 0.3) is 0 Å². The van der Waals surface area contributed by atoms with Crippen LogP contribution in [0.15, 0.2) is 45.3 Å². The first kappa shape index (κ1) is 13.0. The first-order valence-electron chi connectivity index (χ1n) is 4.98. The largest absolute Gasteiger partial charge is 0.477 e. The molecule has 0 saturated carbocycles. The van der Waals surface area contributed by atoms with E-state index in [1.54, 1.807) is 12.1 Å². The highest BCUT2D eigenvalue weighted by molar-refractivity contribution is 9.11. The summed E-state index contributed by atoms with van der Waals surface area (Å²) in [7, 11) is 0. The van der Waals surface area contributed by atoms with Gasteiger partial charge < -0.3 is 10.4 Å². The molecule has 1 heterocycles. The number of pyridine rings is 1. The Balaban J connectivity index is 2.28. The first-order chi connectivity index (χ1) is 8.56. The molecule has 0 amide bonds. The summed E-state index contributed by atoms with van der Waals surface area (Å²) in [5.74, 6) is -0.563. The molecule has 92 valence electrons. The number of nitrogens with zero attached hydrogens (tertiary/aromatic N) is 1. The number of carboxylic acid groups (broad SMARTS) is 1. The molecule has 0 fully saturated rings. The zero-order valence-electron chi connectivity index (χ0n) is 9.02. The molecule has 0 aliphatic rings. The topological polar surface area (TPSA) is 62.2 Å². The lowest BCUT2D eigenvalue weighted by molar-refractivity contribution is 0.0690. The predicted octanol–water partition coefficient (Wildman–Crippen LogP) is 4.05. The summed E-state index contributed by atoms with van der Waals surface area (Å²) < 4.78 is 1.81. The van der Waals surface area contributed by atoms with Crippen molar-refractivity contribution in [2.24, 2.45) is 0 Å². The van der Waals surface area contributed by atoms with Crippen molar-refractivity contribution < 1.29 is 9.90 Å². The molecule has 2 N–H and O–H groups in total. The molecule has 2 rings (SSSR count). The summed E-state index contributed by atoms with van der Waals surface area (Å²) in [6, 6.07) is 10.4. The molecule has 1 aromatic heterocycles. The van der Waals surface area contributed by atoms with Crippen LogP contribution < -0.4 is 5.32 Å². The minimum absolute atomic E-state index is 0.00762. The average molecular weight is 372 g/mol. The highest BCUT2D eigenvalue weighted by Crippen LogP contribution is 2.28. The molecule has 0 aliphatic heterocycles. The quantitative estimate of drug-likeness (QED) is 0.854. The van der Waals surface area contributed by atoms with E-state index in [4.69, 9.17) is 5.11 Å². The van der Waals surface area contributed by atoms with Crippen LogP contribution >= 0.6 is 31.9 Å². The van der Waals surface area contributed by atoms with Crippen LogP contribution in [0.5, 0.6) is 0 Å². The minimum atomic E-state index is -1.05. The molecule has 0 atom stereocenters. The zero-order valence-corrected chi connectivity index (χ0v) is 12.2. The Labute approximate surface area is 120 Å². The van der Waals surface area contributed by atoms with Crippen LogP contribution in [0.4, 0.5) is 11.5 Å². The van der Waals surface area contributed by atoms with Crippen molar-refractivity contribution in [3.8, 4) is 0 Å². The Kier molecular flexibility index (Phi) is 3.98. The zero-order chi connectivity index (χ0) is 13.1. The number of carbonyl (C=O) groups is 1. The van der Waals surface area contributed by atoms with E-state index in [9.17, 15) is 4.79 Å². The Morgan fingerprint density at radius 3 is 2.67 bits per heavy atom. The van der Waals surface area contributed by atoms with Crippen LogP contribution in [0.2, 0.25) is 0 Å². The molecule has 1 aromatic carbocycles. The molecule has 0 unspecified atom stereocenters. The second kappa shape index (κ2) is 5.49. The maximum absolute atomic E-state index is 10.8. The molecule has 0 saturated heterocycles. The van der Waals surface area contributed by atoms with Gasteiger partial charge in [-0.15, -0.1) is 0 Å². The van der Waals surface area contributed by atoms with Gasteiger partial charge in [0.05, 0.1) is 5.69 Å². The van der Waals surface area contributed by atoms with Gasteiger partial charge in [0.15, 0.2) is 5.69 Å². The smallest absolute Gasteiger partial charge is 0.354 e. The van der Waals surface area contributed by atoms with E-state index in [1.165, 1.54) is 6.07 Å². The Hall–Kier alpha value is -1.40. The Bertz CT molecular complexity index is 602. The van der Waals surface area contributed by atoms with E-state index in [2.05, 4.69) is 42.2 Å². The van der Waals surface area contributed by atoms with Crippen molar-refractivity contribution in [2.45, 2.75) is 0 Å². The molecule has 0 radical (unpaired) electrons. The van der Waals surface area contributed by atoms with Gasteiger partial charge in [-0.25, -0.2) is 9.78 Å². The lowest BCUT2D eigenvalue weighted by Gasteiger charge is -2.08. The van der Waals surface area contributed by atoms with Gasteiger partial charge in [0, 0.05) is 8.95 Å². The highest BCUT2D eigenvalue weighted by atomic mass is 79.9. The minimum Gasteiger partial charge on any atom is -0.477 e. The molecular formula is C12H8Br2N2O2. The van der Waals surface area contributed by atoms with Crippen molar-refractivity contribution in [3.63, 3.8) is 0 Å². The number of anilines is 2. The standard InChI is InChI=1S/C12H8Br2N2O2/c13-7-4-5-9(8(14)6-7)15-11-3-1-2-10(16-11)12(17)18/h1-6H,(H,15,16)(H,17,18). The molecular weight excluding hydrogens is 364 g/mol. The summed E-state index contributed by atoms with van der Waals surface area (Å²) in [4.78, 5) is 14.8. The van der Waals surface area contributed by atoms with E-state index in [1.807, 2.05) is 18.2 Å². The van der Waals surface area contributed by atoms with Gasteiger partial charge in [-0.05, 0) is 46.3 Å². The number of halogens is 2. The summed E-state index contributed by atoms with van der Waals surface area (Å²) >= 11 is 6.78. The van der Waals surface area contributed by atoms with Gasteiger partial charge in [0.1, 0.15) is 5.82 Å². The maximum atomic E-state index is 10.8. The third-order valence-corrected chi connectivity index (χ3v) is 3.31. The highest BCUT2D eigenvalue weighted by Gasteiger charge is 2.06. The van der Waals surface area contributed by atoms with Crippen LogP contribution in [0.3, 0.4) is 0 Å². The normalized spacial score (nSPS) is 10.1. The fourth-order valence-corrected chi connectivity index (χ4v) is 2.50. The van der Waals surface area contributed by atoms with Gasteiger partial charge >= 0.3 is 5.97 Å². The number of hydrogen-bond acceptors (Lipinski definition) is 3. The third-order valence-electron chi connectivity index (χ3n) is 2.16. The molecule has 18 heavy (non-hydrogen) atoms. The van der Waals surface area contributed by atoms with Crippen molar-refractivity contribution in [1.29, 1.82) is 0 Å². The first-order valence-corrected chi connectivity index (χ1v) is 6.57. The SMILES string of the molecule is O=C(O)c1cccc(Nc2ccc(Br)cc2Br)n1. The van der Waals surface area contributed by atoms with E-state index >= 15 is 0 Å². The molecule has 2 aromatic rings. The number of rotatable bonds is 3. The fourth-order valence-electron chi connectivity index (χ4n) is 1.35. The maximum Gasteiger partial charge on any atom is 0.354 e. The number of aromatic nitrogens is 1. The average Bonchev–Trinajstić information content (AvgIpc) is 2.33. The second-order valence-electron chi connectivity index (χ2n) is 3.46. The Morgan fingerprint density at radius 2 is 2.00 bits per heavy atom. The van der Waals surface area contributed by atoms with Crippen molar-refractivity contribution in [2.75, 3.05) is 5.32 Å². The molecule has 0 aliphatic carbocycles. The van der Waals surface area contributed by atoms with Crippen LogP contribution in [-0.4, -0.2) is 16.1 Å². The molecule has 0 spiro atoms. The van der Waals surface area contributed by atoms with Gasteiger partial charge in [0.2, 0.25) is 0 Å². The van der Waals surface area contributed by atoms with E-state index in [0.29, 0.717) is 5.82 Å². The molecule has 0 bridgehead atoms. The van der Waals surface area contributed by atoms with E-state index in [-0.39, 0.29) is 5.69 Å². The number of aromatic carboxylic acids is 1. The predicted molar refractivity (Wildman–Crippen MR) is 76.3 cm³/mol. The van der Waals surface area contributed by atoms with Crippen molar-refractivity contribution in [3.05, 3.63) is 51.0 Å². The number of benzene rings is 1. The van der Waals surface area contributed by atoms with E-state index in [0.717, 1.165) is 14.6 Å². The van der Waals surface area contributed by atoms with Crippen LogP contribution in [0, 0.1) is 0 Å². The number of nitrogens with one attached hydrogen (secondary N) is 1. The lowest BCUT2D eigenvalue weighted by atomic mass is 10.3. The fraction of sp³-hybridized carbons (Fsp3) is 0.